The molecule has 0 aliphatic carbocycles. The molecule has 27 heavy (non-hydrogen) atoms. The van der Waals surface area contributed by atoms with Gasteiger partial charge in [-0.15, -0.1) is 0 Å². The highest BCUT2D eigenvalue weighted by atomic mass is 16.5. The molecule has 0 spiro atoms. The van der Waals surface area contributed by atoms with Crippen molar-refractivity contribution in [3.05, 3.63) is 71.6 Å². The van der Waals surface area contributed by atoms with E-state index in [1.165, 1.54) is 0 Å². The molecule has 7 nitrogen and oxygen atoms in total. The highest BCUT2D eigenvalue weighted by Gasteiger charge is 2.22. The molecule has 1 atom stereocenters. The van der Waals surface area contributed by atoms with Crippen LogP contribution in [0.3, 0.4) is 0 Å². The molecule has 1 aromatic carbocycles. The molecule has 1 aliphatic heterocycles. The fraction of sp³-hybridized carbons (Fsp3) is 0.400. The second kappa shape index (κ2) is 8.04. The highest BCUT2D eigenvalue weighted by Crippen LogP contribution is 2.24. The zero-order valence-electron chi connectivity index (χ0n) is 15.5. The van der Waals surface area contributed by atoms with Crippen molar-refractivity contribution in [1.29, 1.82) is 0 Å². The largest absolute Gasteiger partial charge is 0.383 e. The third-order valence-corrected chi connectivity index (χ3v) is 4.99. The Hall–Kier alpha value is -2.48. The quantitative estimate of drug-likeness (QED) is 0.690. The first-order valence-electron chi connectivity index (χ1n) is 9.25. The molecule has 0 bridgehead atoms. The summed E-state index contributed by atoms with van der Waals surface area (Å²) in [4.78, 5) is 6.86. The van der Waals surface area contributed by atoms with Crippen molar-refractivity contribution in [2.45, 2.75) is 32.3 Å². The topological polar surface area (TPSA) is 68.3 Å². The van der Waals surface area contributed by atoms with E-state index >= 15 is 0 Å². The fourth-order valence-corrected chi connectivity index (χ4v) is 3.50. The summed E-state index contributed by atoms with van der Waals surface area (Å²) in [6, 6.07) is 11.7. The number of aromatic nitrogens is 4. The third-order valence-electron chi connectivity index (χ3n) is 4.99. The Kier molecular flexibility index (Phi) is 5.33. The number of nitrogens with zero attached hydrogens (tertiary/aromatic N) is 5. The summed E-state index contributed by atoms with van der Waals surface area (Å²) in [7, 11) is 1.71. The van der Waals surface area contributed by atoms with Gasteiger partial charge in [0.25, 0.3) is 0 Å². The van der Waals surface area contributed by atoms with Gasteiger partial charge in [0.1, 0.15) is 11.9 Å². The van der Waals surface area contributed by atoms with E-state index in [2.05, 4.69) is 19.5 Å². The van der Waals surface area contributed by atoms with Gasteiger partial charge in [-0.2, -0.15) is 5.10 Å². The Labute approximate surface area is 158 Å². The average Bonchev–Trinajstić information content (AvgIpc) is 3.32. The van der Waals surface area contributed by atoms with Crippen LogP contribution in [0.25, 0.3) is 0 Å². The van der Waals surface area contributed by atoms with Crippen LogP contribution in [0, 0.1) is 0 Å². The second-order valence-electron chi connectivity index (χ2n) is 6.84. The standard InChI is InChI=1S/C20H25N5O2/c1-27-12-11-24-8-7-21-19(24)15-23-9-10-25-17(14-23)13-18(22-25)20(26)16-5-3-2-4-6-16/h2-8,13,20,26H,9-12,14-15H2,1H3/t20-/m0/s1. The lowest BCUT2D eigenvalue weighted by atomic mass is 10.1. The summed E-state index contributed by atoms with van der Waals surface area (Å²) in [6.07, 6.45) is 3.15. The zero-order chi connectivity index (χ0) is 18.6. The molecule has 4 rings (SSSR count). The van der Waals surface area contributed by atoms with Crippen LogP contribution in [0.15, 0.2) is 48.8 Å². The van der Waals surface area contributed by atoms with E-state index in [4.69, 9.17) is 4.74 Å². The first kappa shape index (κ1) is 17.9. The number of aliphatic hydroxyl groups is 1. The van der Waals surface area contributed by atoms with Crippen LogP contribution in [0.5, 0.6) is 0 Å². The summed E-state index contributed by atoms with van der Waals surface area (Å²) in [5, 5.41) is 15.2. The van der Waals surface area contributed by atoms with Gasteiger partial charge in [-0.25, -0.2) is 4.98 Å². The molecule has 1 N–H and O–H groups in total. The first-order valence-corrected chi connectivity index (χ1v) is 9.25. The van der Waals surface area contributed by atoms with Crippen molar-refractivity contribution in [3.63, 3.8) is 0 Å². The molecule has 0 saturated heterocycles. The molecular weight excluding hydrogens is 342 g/mol. The minimum atomic E-state index is -0.689. The predicted octanol–water partition coefficient (Wildman–Crippen LogP) is 1.82. The normalized spacial score (nSPS) is 15.6. The van der Waals surface area contributed by atoms with Crippen molar-refractivity contribution < 1.29 is 9.84 Å². The summed E-state index contributed by atoms with van der Waals surface area (Å²) in [6.45, 7) is 4.80. The van der Waals surface area contributed by atoms with Gasteiger partial charge in [0.15, 0.2) is 0 Å². The first-order chi connectivity index (χ1) is 13.2. The number of ether oxygens (including phenoxy) is 1. The minimum Gasteiger partial charge on any atom is -0.383 e. The molecule has 0 unspecified atom stereocenters. The molecule has 3 heterocycles. The molecule has 7 heteroatoms. The molecule has 0 radical (unpaired) electrons. The van der Waals surface area contributed by atoms with Crippen LogP contribution in [0.4, 0.5) is 0 Å². The molecule has 0 amide bonds. The maximum Gasteiger partial charge on any atom is 0.123 e. The summed E-state index contributed by atoms with van der Waals surface area (Å²) in [5.41, 5.74) is 2.70. The van der Waals surface area contributed by atoms with E-state index in [9.17, 15) is 5.11 Å². The second-order valence-corrected chi connectivity index (χ2v) is 6.84. The number of benzene rings is 1. The van der Waals surface area contributed by atoms with Gasteiger partial charge in [-0.1, -0.05) is 30.3 Å². The van der Waals surface area contributed by atoms with Crippen molar-refractivity contribution in [3.8, 4) is 0 Å². The summed E-state index contributed by atoms with van der Waals surface area (Å²) >= 11 is 0. The molecule has 1 aliphatic rings. The van der Waals surface area contributed by atoms with Crippen LogP contribution in [0.2, 0.25) is 0 Å². The molecule has 142 valence electrons. The van der Waals surface area contributed by atoms with Crippen molar-refractivity contribution in [2.75, 3.05) is 20.3 Å². The maximum atomic E-state index is 10.6. The average molecular weight is 367 g/mol. The zero-order valence-corrected chi connectivity index (χ0v) is 15.5. The lowest BCUT2D eigenvalue weighted by molar-refractivity contribution is 0.177. The predicted molar refractivity (Wildman–Crippen MR) is 101 cm³/mol. The smallest absolute Gasteiger partial charge is 0.123 e. The van der Waals surface area contributed by atoms with Gasteiger partial charge in [0.2, 0.25) is 0 Å². The highest BCUT2D eigenvalue weighted by molar-refractivity contribution is 5.26. The van der Waals surface area contributed by atoms with Crippen LogP contribution in [-0.2, 0) is 30.9 Å². The van der Waals surface area contributed by atoms with Gasteiger partial charge in [0.05, 0.1) is 31.1 Å². The summed E-state index contributed by atoms with van der Waals surface area (Å²) < 4.78 is 9.32. The van der Waals surface area contributed by atoms with E-state index in [1.807, 2.05) is 53.5 Å². The van der Waals surface area contributed by atoms with Crippen LogP contribution >= 0.6 is 0 Å². The van der Waals surface area contributed by atoms with Gasteiger partial charge >= 0.3 is 0 Å². The Morgan fingerprint density at radius 2 is 2.07 bits per heavy atom. The Morgan fingerprint density at radius 3 is 2.89 bits per heavy atom. The Balaban J connectivity index is 1.45. The number of methoxy groups -OCH3 is 1. The number of aliphatic hydroxyl groups excluding tert-OH is 1. The minimum absolute atomic E-state index is 0.677. The number of rotatable bonds is 7. The molecular formula is C20H25N5O2. The summed E-state index contributed by atoms with van der Waals surface area (Å²) in [5.74, 6) is 1.05. The van der Waals surface area contributed by atoms with Gasteiger partial charge < -0.3 is 14.4 Å². The van der Waals surface area contributed by atoms with Crippen molar-refractivity contribution in [2.24, 2.45) is 0 Å². The monoisotopic (exact) mass is 367 g/mol. The van der Waals surface area contributed by atoms with E-state index in [0.29, 0.717) is 12.3 Å². The molecule has 0 fully saturated rings. The van der Waals surface area contributed by atoms with E-state index in [-0.39, 0.29) is 0 Å². The molecule has 2 aromatic heterocycles. The SMILES string of the molecule is COCCn1ccnc1CN1CCn2nc([C@@H](O)c3ccccc3)cc2C1. The maximum absolute atomic E-state index is 10.6. The molecule has 0 saturated carbocycles. The lowest BCUT2D eigenvalue weighted by Crippen LogP contribution is -2.34. The van der Waals surface area contributed by atoms with Gasteiger partial charge in [-0.3, -0.25) is 9.58 Å². The van der Waals surface area contributed by atoms with E-state index < -0.39 is 6.10 Å². The fourth-order valence-electron chi connectivity index (χ4n) is 3.50. The molecule has 3 aromatic rings. The van der Waals surface area contributed by atoms with Gasteiger partial charge in [-0.05, 0) is 11.6 Å². The third kappa shape index (κ3) is 3.95. The van der Waals surface area contributed by atoms with E-state index in [1.54, 1.807) is 7.11 Å². The number of fused-ring (bicyclic) bond motifs is 1. The van der Waals surface area contributed by atoms with Crippen molar-refractivity contribution >= 4 is 0 Å². The number of imidazole rings is 1. The Bertz CT molecular complexity index is 874. The number of hydrogen-bond acceptors (Lipinski definition) is 5. The Morgan fingerprint density at radius 1 is 1.22 bits per heavy atom. The van der Waals surface area contributed by atoms with Crippen LogP contribution < -0.4 is 0 Å². The van der Waals surface area contributed by atoms with Gasteiger partial charge in [0, 0.05) is 39.1 Å². The van der Waals surface area contributed by atoms with Crippen LogP contribution in [-0.4, -0.2) is 49.6 Å². The van der Waals surface area contributed by atoms with Crippen LogP contribution in [0.1, 0.15) is 28.9 Å². The van der Waals surface area contributed by atoms with E-state index in [0.717, 1.165) is 49.8 Å². The van der Waals surface area contributed by atoms with Crippen molar-refractivity contribution in [1.82, 2.24) is 24.2 Å². The lowest BCUT2D eigenvalue weighted by Gasteiger charge is -2.27. The number of hydrogen-bond donors (Lipinski definition) is 1.